The van der Waals surface area contributed by atoms with Gasteiger partial charge in [0.05, 0.1) is 6.61 Å². The van der Waals surface area contributed by atoms with E-state index in [4.69, 9.17) is 4.74 Å². The third-order valence-electron chi connectivity index (χ3n) is 4.17. The highest BCUT2D eigenvalue weighted by Gasteiger charge is 2.17. The van der Waals surface area contributed by atoms with Crippen molar-refractivity contribution in [2.75, 3.05) is 40.4 Å². The second-order valence-corrected chi connectivity index (χ2v) is 5.90. The van der Waals surface area contributed by atoms with E-state index < -0.39 is 0 Å². The van der Waals surface area contributed by atoms with Gasteiger partial charge in [-0.15, -0.1) is 0 Å². The Morgan fingerprint density at radius 2 is 1.95 bits per heavy atom. The number of carbonyl (C=O) groups is 1. The van der Waals surface area contributed by atoms with Crippen LogP contribution >= 0.6 is 0 Å². The minimum Gasteiger partial charge on any atom is -0.383 e. The van der Waals surface area contributed by atoms with Gasteiger partial charge in [0.25, 0.3) is 5.91 Å². The molecule has 1 aliphatic rings. The van der Waals surface area contributed by atoms with Crippen molar-refractivity contribution in [2.24, 2.45) is 5.92 Å². The van der Waals surface area contributed by atoms with Crippen molar-refractivity contribution in [3.05, 3.63) is 35.4 Å². The summed E-state index contributed by atoms with van der Waals surface area (Å²) in [7, 11) is 3.82. The largest absolute Gasteiger partial charge is 0.383 e. The predicted octanol–water partition coefficient (Wildman–Crippen LogP) is 1.95. The van der Waals surface area contributed by atoms with Gasteiger partial charge in [0, 0.05) is 19.2 Å². The van der Waals surface area contributed by atoms with Gasteiger partial charge in [-0.05, 0) is 63.0 Å². The summed E-state index contributed by atoms with van der Waals surface area (Å²) in [6, 6.07) is 8.02. The first-order valence-corrected chi connectivity index (χ1v) is 7.73. The van der Waals surface area contributed by atoms with Crippen LogP contribution in [-0.2, 0) is 11.2 Å². The van der Waals surface area contributed by atoms with E-state index in [1.165, 1.54) is 31.5 Å². The number of piperidine rings is 1. The number of nitrogens with one attached hydrogen (secondary N) is 1. The van der Waals surface area contributed by atoms with Gasteiger partial charge in [-0.25, -0.2) is 0 Å². The zero-order valence-corrected chi connectivity index (χ0v) is 13.1. The van der Waals surface area contributed by atoms with E-state index in [-0.39, 0.29) is 5.91 Å². The molecular weight excluding hydrogens is 264 g/mol. The molecule has 1 amide bonds. The number of carbonyl (C=O) groups excluding carboxylic acids is 1. The molecule has 1 saturated heterocycles. The molecule has 2 rings (SSSR count). The van der Waals surface area contributed by atoms with Crippen molar-refractivity contribution in [1.29, 1.82) is 0 Å². The van der Waals surface area contributed by atoms with E-state index in [1.807, 2.05) is 12.1 Å². The zero-order chi connectivity index (χ0) is 15.1. The maximum atomic E-state index is 11.9. The highest BCUT2D eigenvalue weighted by Crippen LogP contribution is 2.21. The van der Waals surface area contributed by atoms with Crippen LogP contribution in [0.5, 0.6) is 0 Å². The van der Waals surface area contributed by atoms with Gasteiger partial charge in [0.15, 0.2) is 0 Å². The number of methoxy groups -OCH3 is 1. The molecule has 0 atom stereocenters. The van der Waals surface area contributed by atoms with Crippen molar-refractivity contribution in [3.8, 4) is 0 Å². The Bertz CT molecular complexity index is 437. The number of likely N-dealkylation sites (tertiary alicyclic amines) is 1. The molecule has 0 aromatic heterocycles. The lowest BCUT2D eigenvalue weighted by Crippen LogP contribution is -2.31. The molecule has 0 aliphatic carbocycles. The molecule has 116 valence electrons. The Morgan fingerprint density at radius 1 is 1.29 bits per heavy atom. The van der Waals surface area contributed by atoms with Gasteiger partial charge < -0.3 is 15.0 Å². The maximum absolute atomic E-state index is 11.9. The Hall–Kier alpha value is -1.39. The van der Waals surface area contributed by atoms with Gasteiger partial charge in [-0.3, -0.25) is 4.79 Å². The highest BCUT2D eigenvalue weighted by molar-refractivity contribution is 5.94. The fraction of sp³-hybridized carbons (Fsp3) is 0.588. The molecule has 0 bridgehead atoms. The molecule has 21 heavy (non-hydrogen) atoms. The average Bonchev–Trinajstić information content (AvgIpc) is 2.50. The second-order valence-electron chi connectivity index (χ2n) is 5.90. The molecule has 0 unspecified atom stereocenters. The first kappa shape index (κ1) is 16.0. The van der Waals surface area contributed by atoms with Crippen molar-refractivity contribution >= 4 is 5.91 Å². The molecule has 0 saturated carbocycles. The SMILES string of the molecule is COCCNC(=O)c1ccc(CC2CCN(C)CC2)cc1. The van der Waals surface area contributed by atoms with E-state index in [0.29, 0.717) is 13.2 Å². The lowest BCUT2D eigenvalue weighted by molar-refractivity contribution is 0.0937. The minimum atomic E-state index is -0.0297. The first-order valence-electron chi connectivity index (χ1n) is 7.73. The molecule has 1 fully saturated rings. The van der Waals surface area contributed by atoms with Crippen LogP contribution in [0.2, 0.25) is 0 Å². The number of nitrogens with zero attached hydrogens (tertiary/aromatic N) is 1. The summed E-state index contributed by atoms with van der Waals surface area (Å²) in [6.07, 6.45) is 3.67. The first-order chi connectivity index (χ1) is 10.2. The topological polar surface area (TPSA) is 41.6 Å². The summed E-state index contributed by atoms with van der Waals surface area (Å²) in [6.45, 7) is 3.49. The molecule has 1 aromatic carbocycles. The summed E-state index contributed by atoms with van der Waals surface area (Å²) >= 11 is 0. The third-order valence-corrected chi connectivity index (χ3v) is 4.17. The quantitative estimate of drug-likeness (QED) is 0.814. The van der Waals surface area contributed by atoms with Gasteiger partial charge in [-0.1, -0.05) is 12.1 Å². The standard InChI is InChI=1S/C17H26N2O2/c1-19-10-7-15(8-11-19)13-14-3-5-16(6-4-14)17(20)18-9-12-21-2/h3-6,15H,7-13H2,1-2H3,(H,18,20). The number of rotatable bonds is 6. The summed E-state index contributed by atoms with van der Waals surface area (Å²) in [5.41, 5.74) is 2.05. The van der Waals surface area contributed by atoms with Crippen molar-refractivity contribution in [1.82, 2.24) is 10.2 Å². The third kappa shape index (κ3) is 5.14. The number of benzene rings is 1. The molecule has 1 N–H and O–H groups in total. The highest BCUT2D eigenvalue weighted by atomic mass is 16.5. The Balaban J connectivity index is 1.82. The van der Waals surface area contributed by atoms with Crippen LogP contribution in [0.25, 0.3) is 0 Å². The van der Waals surface area contributed by atoms with Crippen LogP contribution in [0.4, 0.5) is 0 Å². The predicted molar refractivity (Wildman–Crippen MR) is 84.6 cm³/mol. The van der Waals surface area contributed by atoms with Crippen molar-refractivity contribution < 1.29 is 9.53 Å². The lowest BCUT2D eigenvalue weighted by Gasteiger charge is -2.28. The summed E-state index contributed by atoms with van der Waals surface area (Å²) < 4.78 is 4.92. The van der Waals surface area contributed by atoms with Crippen LogP contribution in [0.15, 0.2) is 24.3 Å². The minimum absolute atomic E-state index is 0.0297. The zero-order valence-electron chi connectivity index (χ0n) is 13.1. The van der Waals surface area contributed by atoms with Crippen LogP contribution < -0.4 is 5.32 Å². The van der Waals surface area contributed by atoms with Gasteiger partial charge >= 0.3 is 0 Å². The number of amides is 1. The lowest BCUT2D eigenvalue weighted by atomic mass is 9.90. The van der Waals surface area contributed by atoms with E-state index in [9.17, 15) is 4.79 Å². The Morgan fingerprint density at radius 3 is 2.57 bits per heavy atom. The van der Waals surface area contributed by atoms with E-state index in [0.717, 1.165) is 17.9 Å². The molecular formula is C17H26N2O2. The van der Waals surface area contributed by atoms with E-state index in [2.05, 4.69) is 29.4 Å². The fourth-order valence-corrected chi connectivity index (χ4v) is 2.76. The summed E-state index contributed by atoms with van der Waals surface area (Å²) in [5, 5.41) is 2.84. The maximum Gasteiger partial charge on any atom is 0.251 e. The molecule has 1 aliphatic heterocycles. The van der Waals surface area contributed by atoms with Crippen LogP contribution in [0, 0.1) is 5.92 Å². The Labute approximate surface area is 127 Å². The second kappa shape index (κ2) is 8.15. The van der Waals surface area contributed by atoms with E-state index >= 15 is 0 Å². The molecule has 1 aromatic rings. The molecule has 0 radical (unpaired) electrons. The molecule has 4 nitrogen and oxygen atoms in total. The van der Waals surface area contributed by atoms with E-state index in [1.54, 1.807) is 7.11 Å². The summed E-state index contributed by atoms with van der Waals surface area (Å²) in [4.78, 5) is 14.3. The number of hydrogen-bond acceptors (Lipinski definition) is 3. The van der Waals surface area contributed by atoms with Crippen molar-refractivity contribution in [3.63, 3.8) is 0 Å². The number of ether oxygens (including phenoxy) is 1. The van der Waals surface area contributed by atoms with Gasteiger partial charge in [-0.2, -0.15) is 0 Å². The molecule has 0 spiro atoms. The van der Waals surface area contributed by atoms with Crippen LogP contribution in [0.1, 0.15) is 28.8 Å². The average molecular weight is 290 g/mol. The normalized spacial score (nSPS) is 16.9. The summed E-state index contributed by atoms with van der Waals surface area (Å²) in [5.74, 6) is 0.750. The molecule has 1 heterocycles. The van der Waals surface area contributed by atoms with Gasteiger partial charge in [0.2, 0.25) is 0 Å². The van der Waals surface area contributed by atoms with Crippen LogP contribution in [-0.4, -0.2) is 51.2 Å². The van der Waals surface area contributed by atoms with Crippen molar-refractivity contribution in [2.45, 2.75) is 19.3 Å². The monoisotopic (exact) mass is 290 g/mol. The Kier molecular flexibility index (Phi) is 6.21. The fourth-order valence-electron chi connectivity index (χ4n) is 2.76. The molecule has 4 heteroatoms. The van der Waals surface area contributed by atoms with Crippen LogP contribution in [0.3, 0.4) is 0 Å². The smallest absolute Gasteiger partial charge is 0.251 e. The van der Waals surface area contributed by atoms with Gasteiger partial charge in [0.1, 0.15) is 0 Å². The number of hydrogen-bond donors (Lipinski definition) is 1.